The molecule has 0 bridgehead atoms. The van der Waals surface area contributed by atoms with Crippen molar-refractivity contribution in [1.29, 1.82) is 0 Å². The molecular formula is C13H14BrClN2S. The molecule has 0 spiro atoms. The van der Waals surface area contributed by atoms with E-state index in [1.165, 1.54) is 5.56 Å². The van der Waals surface area contributed by atoms with Crippen molar-refractivity contribution >= 4 is 38.9 Å². The molecule has 96 valence electrons. The zero-order chi connectivity index (χ0) is 13.0. The Balaban J connectivity index is 2.02. The van der Waals surface area contributed by atoms with Crippen LogP contribution >= 0.6 is 38.9 Å². The maximum Gasteiger partial charge on any atom is 0.107 e. The third kappa shape index (κ3) is 3.56. The SMILES string of the molecule is NCC(NCc1ccccc1)c1cc(Br)c(Cl)s1. The van der Waals surface area contributed by atoms with Gasteiger partial charge in [0.15, 0.2) is 0 Å². The highest BCUT2D eigenvalue weighted by molar-refractivity contribution is 9.10. The largest absolute Gasteiger partial charge is 0.329 e. The zero-order valence-electron chi connectivity index (χ0n) is 9.70. The van der Waals surface area contributed by atoms with E-state index in [1.54, 1.807) is 11.3 Å². The van der Waals surface area contributed by atoms with Crippen molar-refractivity contribution in [2.45, 2.75) is 12.6 Å². The Morgan fingerprint density at radius 3 is 2.61 bits per heavy atom. The fourth-order valence-electron chi connectivity index (χ4n) is 1.67. The highest BCUT2D eigenvalue weighted by Gasteiger charge is 2.14. The highest BCUT2D eigenvalue weighted by Crippen LogP contribution is 2.34. The lowest BCUT2D eigenvalue weighted by molar-refractivity contribution is 0.549. The lowest BCUT2D eigenvalue weighted by Gasteiger charge is -2.15. The average Bonchev–Trinajstić information content (AvgIpc) is 2.71. The van der Waals surface area contributed by atoms with Gasteiger partial charge < -0.3 is 11.1 Å². The molecular weight excluding hydrogens is 332 g/mol. The molecule has 1 aromatic carbocycles. The Labute approximate surface area is 124 Å². The van der Waals surface area contributed by atoms with Crippen molar-refractivity contribution in [3.8, 4) is 0 Å². The van der Waals surface area contributed by atoms with Gasteiger partial charge in [0.25, 0.3) is 0 Å². The van der Waals surface area contributed by atoms with Crippen molar-refractivity contribution in [3.05, 3.63) is 55.6 Å². The van der Waals surface area contributed by atoms with Crippen LogP contribution in [0.15, 0.2) is 40.9 Å². The first-order valence-corrected chi connectivity index (χ1v) is 7.61. The molecule has 1 heterocycles. The molecule has 0 saturated heterocycles. The van der Waals surface area contributed by atoms with E-state index in [4.69, 9.17) is 17.3 Å². The van der Waals surface area contributed by atoms with Gasteiger partial charge in [0.1, 0.15) is 4.34 Å². The molecule has 5 heteroatoms. The molecule has 1 aromatic heterocycles. The number of thiophene rings is 1. The molecule has 2 rings (SSSR count). The molecule has 0 saturated carbocycles. The Bertz CT molecular complexity index is 481. The third-order valence-corrected chi connectivity index (χ3v) is 5.23. The summed E-state index contributed by atoms with van der Waals surface area (Å²) in [6, 6.07) is 12.4. The van der Waals surface area contributed by atoms with Crippen LogP contribution in [0, 0.1) is 0 Å². The lowest BCUT2D eigenvalue weighted by atomic mass is 10.2. The molecule has 0 aliphatic carbocycles. The van der Waals surface area contributed by atoms with Crippen LogP contribution in [-0.2, 0) is 6.54 Å². The summed E-state index contributed by atoms with van der Waals surface area (Å²) in [5.74, 6) is 0. The van der Waals surface area contributed by atoms with E-state index in [0.29, 0.717) is 6.54 Å². The van der Waals surface area contributed by atoms with Crippen LogP contribution in [0.4, 0.5) is 0 Å². The number of benzene rings is 1. The van der Waals surface area contributed by atoms with Gasteiger partial charge >= 0.3 is 0 Å². The van der Waals surface area contributed by atoms with Gasteiger partial charge in [-0.2, -0.15) is 0 Å². The number of hydrogen-bond acceptors (Lipinski definition) is 3. The minimum atomic E-state index is 0.138. The maximum absolute atomic E-state index is 6.05. The summed E-state index contributed by atoms with van der Waals surface area (Å²) < 4.78 is 1.70. The number of rotatable bonds is 5. The predicted octanol–water partition coefficient (Wildman–Crippen LogP) is 3.95. The van der Waals surface area contributed by atoms with Gasteiger partial charge in [-0.25, -0.2) is 0 Å². The molecule has 0 amide bonds. The van der Waals surface area contributed by atoms with Crippen LogP contribution < -0.4 is 11.1 Å². The summed E-state index contributed by atoms with van der Waals surface area (Å²) in [6.07, 6.45) is 0. The first-order valence-electron chi connectivity index (χ1n) is 5.63. The molecule has 18 heavy (non-hydrogen) atoms. The minimum absolute atomic E-state index is 0.138. The Morgan fingerprint density at radius 1 is 1.33 bits per heavy atom. The van der Waals surface area contributed by atoms with Crippen LogP contribution in [0.25, 0.3) is 0 Å². The normalized spacial score (nSPS) is 12.6. The summed E-state index contributed by atoms with van der Waals surface area (Å²) >= 11 is 11.0. The average molecular weight is 346 g/mol. The number of nitrogens with two attached hydrogens (primary N) is 1. The van der Waals surface area contributed by atoms with Crippen molar-refractivity contribution in [3.63, 3.8) is 0 Å². The summed E-state index contributed by atoms with van der Waals surface area (Å²) in [6.45, 7) is 1.35. The molecule has 0 aliphatic heterocycles. The second kappa shape index (κ2) is 6.68. The van der Waals surface area contributed by atoms with E-state index < -0.39 is 0 Å². The van der Waals surface area contributed by atoms with Crippen molar-refractivity contribution in [1.82, 2.24) is 5.32 Å². The van der Waals surface area contributed by atoms with E-state index in [9.17, 15) is 0 Å². The maximum atomic E-state index is 6.05. The molecule has 2 nitrogen and oxygen atoms in total. The van der Waals surface area contributed by atoms with Crippen LogP contribution in [0.2, 0.25) is 4.34 Å². The van der Waals surface area contributed by atoms with E-state index >= 15 is 0 Å². The quantitative estimate of drug-likeness (QED) is 0.861. The van der Waals surface area contributed by atoms with Crippen molar-refractivity contribution in [2.24, 2.45) is 5.73 Å². The molecule has 3 N–H and O–H groups in total. The number of nitrogens with one attached hydrogen (secondary N) is 1. The van der Waals surface area contributed by atoms with Crippen molar-refractivity contribution in [2.75, 3.05) is 6.54 Å². The molecule has 0 aliphatic rings. The first-order chi connectivity index (χ1) is 8.70. The van der Waals surface area contributed by atoms with Crippen LogP contribution in [-0.4, -0.2) is 6.54 Å². The van der Waals surface area contributed by atoms with Crippen LogP contribution in [0.1, 0.15) is 16.5 Å². The van der Waals surface area contributed by atoms with E-state index in [2.05, 4.69) is 33.4 Å². The van der Waals surface area contributed by atoms with Gasteiger partial charge in [-0.3, -0.25) is 0 Å². The fraction of sp³-hybridized carbons (Fsp3) is 0.231. The second-order valence-electron chi connectivity index (χ2n) is 3.93. The fourth-order valence-corrected chi connectivity index (χ4v) is 3.50. The van der Waals surface area contributed by atoms with E-state index in [1.807, 2.05) is 24.3 Å². The van der Waals surface area contributed by atoms with Crippen molar-refractivity contribution < 1.29 is 0 Å². The number of hydrogen-bond donors (Lipinski definition) is 2. The van der Waals surface area contributed by atoms with Gasteiger partial charge in [-0.05, 0) is 27.6 Å². The van der Waals surface area contributed by atoms with Gasteiger partial charge in [0.05, 0.1) is 6.04 Å². The van der Waals surface area contributed by atoms with Gasteiger partial charge in [0.2, 0.25) is 0 Å². The van der Waals surface area contributed by atoms with Crippen LogP contribution in [0.5, 0.6) is 0 Å². The Kier molecular flexibility index (Phi) is 5.21. The molecule has 1 atom stereocenters. The highest BCUT2D eigenvalue weighted by atomic mass is 79.9. The summed E-state index contributed by atoms with van der Waals surface area (Å²) in [5.41, 5.74) is 7.06. The van der Waals surface area contributed by atoms with Crippen LogP contribution in [0.3, 0.4) is 0 Å². The smallest absolute Gasteiger partial charge is 0.107 e. The van der Waals surface area contributed by atoms with Gasteiger partial charge in [-0.15, -0.1) is 11.3 Å². The summed E-state index contributed by atoms with van der Waals surface area (Å²) in [7, 11) is 0. The second-order valence-corrected chi connectivity index (χ2v) is 6.47. The molecule has 1 unspecified atom stereocenters. The molecule has 0 radical (unpaired) electrons. The Hall–Kier alpha value is -0.390. The van der Waals surface area contributed by atoms with Gasteiger partial charge in [0, 0.05) is 22.4 Å². The predicted molar refractivity (Wildman–Crippen MR) is 82.1 cm³/mol. The monoisotopic (exact) mass is 344 g/mol. The molecule has 2 aromatic rings. The van der Waals surface area contributed by atoms with E-state index in [-0.39, 0.29) is 6.04 Å². The van der Waals surface area contributed by atoms with E-state index in [0.717, 1.165) is 20.2 Å². The van der Waals surface area contributed by atoms with Gasteiger partial charge in [-0.1, -0.05) is 41.9 Å². The zero-order valence-corrected chi connectivity index (χ0v) is 12.9. The standard InChI is InChI=1S/C13H14BrClN2S/c14-10-6-12(18-13(10)15)11(7-16)17-8-9-4-2-1-3-5-9/h1-6,11,17H,7-8,16H2. The first kappa shape index (κ1) is 14.0. The molecule has 0 fully saturated rings. The topological polar surface area (TPSA) is 38.0 Å². The lowest BCUT2D eigenvalue weighted by Crippen LogP contribution is -2.27. The summed E-state index contributed by atoms with van der Waals surface area (Å²) in [5, 5.41) is 3.45. The summed E-state index contributed by atoms with van der Waals surface area (Å²) in [4.78, 5) is 1.16. The number of halogens is 2. The third-order valence-electron chi connectivity index (χ3n) is 2.64. The minimum Gasteiger partial charge on any atom is -0.329 e. The Morgan fingerprint density at radius 2 is 2.06 bits per heavy atom.